The normalized spacial score (nSPS) is 10.7. The van der Waals surface area contributed by atoms with Crippen molar-refractivity contribution in [2.24, 2.45) is 0 Å². The minimum absolute atomic E-state index is 0.0957. The third kappa shape index (κ3) is 5.19. The molecule has 0 aliphatic carbocycles. The van der Waals surface area contributed by atoms with Crippen LogP contribution in [0, 0.1) is 0 Å². The number of ether oxygens (including phenoxy) is 1. The highest BCUT2D eigenvalue weighted by Crippen LogP contribution is 2.20. The molecule has 2 N–H and O–H groups in total. The fraction of sp³-hybridized carbons (Fsp3) is 0.533. The molecule has 0 bridgehead atoms. The van der Waals surface area contributed by atoms with E-state index >= 15 is 0 Å². The molecule has 20 heavy (non-hydrogen) atoms. The van der Waals surface area contributed by atoms with Crippen LogP contribution >= 0.6 is 0 Å². The standard InChI is InChI=1S/C15H23NO4/c1-12(2)13-4-3-5-14(10-13)20-11-15(19)16(6-8-17)7-9-18/h3-5,10,12,17-18H,6-9,11H2,1-2H3. The summed E-state index contributed by atoms with van der Waals surface area (Å²) in [5, 5.41) is 17.8. The summed E-state index contributed by atoms with van der Waals surface area (Å²) in [6.45, 7) is 4.23. The molecule has 1 amide bonds. The van der Waals surface area contributed by atoms with E-state index in [1.54, 1.807) is 0 Å². The van der Waals surface area contributed by atoms with E-state index in [1.165, 1.54) is 4.90 Å². The summed E-state index contributed by atoms with van der Waals surface area (Å²) in [5.74, 6) is 0.801. The van der Waals surface area contributed by atoms with E-state index in [2.05, 4.69) is 13.8 Å². The Morgan fingerprint density at radius 1 is 1.25 bits per heavy atom. The highest BCUT2D eigenvalue weighted by molar-refractivity contribution is 5.77. The minimum Gasteiger partial charge on any atom is -0.484 e. The number of carbonyl (C=O) groups is 1. The molecule has 0 unspecified atom stereocenters. The Balaban J connectivity index is 2.57. The highest BCUT2D eigenvalue weighted by atomic mass is 16.5. The van der Waals surface area contributed by atoms with Crippen LogP contribution in [0.25, 0.3) is 0 Å². The monoisotopic (exact) mass is 281 g/mol. The van der Waals surface area contributed by atoms with Gasteiger partial charge in [-0.15, -0.1) is 0 Å². The molecule has 0 aliphatic heterocycles. The van der Waals surface area contributed by atoms with E-state index in [4.69, 9.17) is 14.9 Å². The maximum absolute atomic E-state index is 11.9. The van der Waals surface area contributed by atoms with Crippen molar-refractivity contribution in [3.05, 3.63) is 29.8 Å². The molecular formula is C15H23NO4. The van der Waals surface area contributed by atoms with Gasteiger partial charge in [-0.1, -0.05) is 26.0 Å². The van der Waals surface area contributed by atoms with Crippen molar-refractivity contribution in [2.75, 3.05) is 32.9 Å². The fourth-order valence-electron chi connectivity index (χ4n) is 1.80. The first kappa shape index (κ1) is 16.5. The molecule has 1 aromatic carbocycles. The van der Waals surface area contributed by atoms with Crippen molar-refractivity contribution in [3.8, 4) is 5.75 Å². The number of rotatable bonds is 8. The van der Waals surface area contributed by atoms with Crippen molar-refractivity contribution in [1.82, 2.24) is 4.90 Å². The Morgan fingerprint density at radius 3 is 2.45 bits per heavy atom. The molecule has 0 atom stereocenters. The predicted octanol–water partition coefficient (Wildman–Crippen LogP) is 1.00. The molecule has 0 radical (unpaired) electrons. The van der Waals surface area contributed by atoms with Gasteiger partial charge in [0.05, 0.1) is 13.2 Å². The maximum Gasteiger partial charge on any atom is 0.260 e. The van der Waals surface area contributed by atoms with Crippen molar-refractivity contribution >= 4 is 5.91 Å². The fourth-order valence-corrected chi connectivity index (χ4v) is 1.80. The highest BCUT2D eigenvalue weighted by Gasteiger charge is 2.13. The van der Waals surface area contributed by atoms with Gasteiger partial charge in [0, 0.05) is 13.1 Å². The zero-order valence-corrected chi connectivity index (χ0v) is 12.1. The van der Waals surface area contributed by atoms with E-state index < -0.39 is 0 Å². The van der Waals surface area contributed by atoms with Gasteiger partial charge in [0.1, 0.15) is 5.75 Å². The second kappa shape index (κ2) is 8.55. The first-order valence-electron chi connectivity index (χ1n) is 6.80. The Bertz CT molecular complexity index is 414. The molecular weight excluding hydrogens is 258 g/mol. The molecule has 1 aromatic rings. The van der Waals surface area contributed by atoms with Crippen LogP contribution in [0.2, 0.25) is 0 Å². The van der Waals surface area contributed by atoms with Crippen LogP contribution in [0.1, 0.15) is 25.3 Å². The van der Waals surface area contributed by atoms with Crippen LogP contribution in [-0.4, -0.2) is 53.9 Å². The Morgan fingerprint density at radius 2 is 1.90 bits per heavy atom. The lowest BCUT2D eigenvalue weighted by atomic mass is 10.0. The van der Waals surface area contributed by atoms with Gasteiger partial charge in [0.2, 0.25) is 0 Å². The molecule has 0 aromatic heterocycles. The van der Waals surface area contributed by atoms with E-state index in [9.17, 15) is 4.79 Å². The van der Waals surface area contributed by atoms with Gasteiger partial charge >= 0.3 is 0 Å². The molecule has 1 rings (SSSR count). The van der Waals surface area contributed by atoms with Crippen LogP contribution in [0.15, 0.2) is 24.3 Å². The summed E-state index contributed by atoms with van der Waals surface area (Å²) in [7, 11) is 0. The quantitative estimate of drug-likeness (QED) is 0.746. The van der Waals surface area contributed by atoms with Gasteiger partial charge in [0.15, 0.2) is 6.61 Å². The van der Waals surface area contributed by atoms with Gasteiger partial charge < -0.3 is 19.8 Å². The van der Waals surface area contributed by atoms with Gasteiger partial charge in [-0.2, -0.15) is 0 Å². The molecule has 112 valence electrons. The number of aliphatic hydroxyl groups is 2. The summed E-state index contributed by atoms with van der Waals surface area (Å²) in [4.78, 5) is 13.3. The summed E-state index contributed by atoms with van der Waals surface area (Å²) >= 11 is 0. The van der Waals surface area contributed by atoms with E-state index in [-0.39, 0.29) is 38.8 Å². The van der Waals surface area contributed by atoms with E-state index in [1.807, 2.05) is 24.3 Å². The average molecular weight is 281 g/mol. The molecule has 0 fully saturated rings. The van der Waals surface area contributed by atoms with Crippen LogP contribution in [0.5, 0.6) is 5.75 Å². The molecule has 0 aliphatic rings. The van der Waals surface area contributed by atoms with Crippen molar-refractivity contribution in [3.63, 3.8) is 0 Å². The summed E-state index contributed by atoms with van der Waals surface area (Å²) in [6, 6.07) is 7.64. The smallest absolute Gasteiger partial charge is 0.260 e. The number of hydrogen-bond donors (Lipinski definition) is 2. The number of carbonyl (C=O) groups excluding carboxylic acids is 1. The average Bonchev–Trinajstić information content (AvgIpc) is 2.45. The second-order valence-corrected chi connectivity index (χ2v) is 4.84. The van der Waals surface area contributed by atoms with Gasteiger partial charge in [-0.25, -0.2) is 0 Å². The van der Waals surface area contributed by atoms with Gasteiger partial charge in [0.25, 0.3) is 5.91 Å². The second-order valence-electron chi connectivity index (χ2n) is 4.84. The molecule has 0 heterocycles. The Kier molecular flexibility index (Phi) is 7.04. The summed E-state index contributed by atoms with van der Waals surface area (Å²) in [5.41, 5.74) is 1.15. The molecule has 5 nitrogen and oxygen atoms in total. The number of aliphatic hydroxyl groups excluding tert-OH is 2. The third-order valence-electron chi connectivity index (χ3n) is 2.98. The number of hydrogen-bond acceptors (Lipinski definition) is 4. The first-order chi connectivity index (χ1) is 9.58. The lowest BCUT2D eigenvalue weighted by Gasteiger charge is -2.20. The minimum atomic E-state index is -0.247. The van der Waals surface area contributed by atoms with Gasteiger partial charge in [-0.3, -0.25) is 4.79 Å². The zero-order chi connectivity index (χ0) is 15.0. The summed E-state index contributed by atoms with van der Waals surface area (Å²) in [6.07, 6.45) is 0. The topological polar surface area (TPSA) is 70.0 Å². The Labute approximate surface area is 119 Å². The lowest BCUT2D eigenvalue weighted by Crippen LogP contribution is -2.38. The van der Waals surface area contributed by atoms with Crippen LogP contribution in [-0.2, 0) is 4.79 Å². The van der Waals surface area contributed by atoms with Gasteiger partial charge in [-0.05, 0) is 23.6 Å². The van der Waals surface area contributed by atoms with E-state index in [0.717, 1.165) is 5.56 Å². The maximum atomic E-state index is 11.9. The van der Waals surface area contributed by atoms with Crippen LogP contribution in [0.3, 0.4) is 0 Å². The molecule has 0 saturated heterocycles. The molecule has 5 heteroatoms. The predicted molar refractivity (Wildman–Crippen MR) is 76.8 cm³/mol. The zero-order valence-electron chi connectivity index (χ0n) is 12.1. The Hall–Kier alpha value is -1.59. The molecule has 0 saturated carbocycles. The van der Waals surface area contributed by atoms with Crippen molar-refractivity contribution < 1.29 is 19.7 Å². The number of amides is 1. The molecule has 0 spiro atoms. The van der Waals surface area contributed by atoms with E-state index in [0.29, 0.717) is 11.7 Å². The third-order valence-corrected chi connectivity index (χ3v) is 2.98. The largest absolute Gasteiger partial charge is 0.484 e. The SMILES string of the molecule is CC(C)c1cccc(OCC(=O)N(CCO)CCO)c1. The van der Waals surface area contributed by atoms with Crippen LogP contribution < -0.4 is 4.74 Å². The number of benzene rings is 1. The lowest BCUT2D eigenvalue weighted by molar-refractivity contribution is -0.134. The first-order valence-corrected chi connectivity index (χ1v) is 6.80. The summed E-state index contributed by atoms with van der Waals surface area (Å²) < 4.78 is 5.48. The number of nitrogens with zero attached hydrogens (tertiary/aromatic N) is 1. The van der Waals surface area contributed by atoms with Crippen LogP contribution in [0.4, 0.5) is 0 Å². The van der Waals surface area contributed by atoms with Crippen molar-refractivity contribution in [1.29, 1.82) is 0 Å². The van der Waals surface area contributed by atoms with Crippen molar-refractivity contribution in [2.45, 2.75) is 19.8 Å².